The highest BCUT2D eigenvalue weighted by Gasteiger charge is 2.27. The Kier molecular flexibility index (Phi) is 3.34. The second kappa shape index (κ2) is 4.54. The average Bonchev–Trinajstić information content (AvgIpc) is 2.67. The van der Waals surface area contributed by atoms with Crippen LogP contribution in [0.1, 0.15) is 30.7 Å². The Bertz CT molecular complexity index is 299. The molecule has 1 aromatic heterocycles. The maximum Gasteiger partial charge on any atom is 0.129 e. The minimum atomic E-state index is 0.590. The molecule has 0 aliphatic heterocycles. The van der Waals surface area contributed by atoms with Gasteiger partial charge in [0.1, 0.15) is 5.15 Å². The second-order valence-corrected chi connectivity index (χ2v) is 5.19. The number of nitrogens with zero attached hydrogens (tertiary/aromatic N) is 1. The van der Waals surface area contributed by atoms with Crippen molar-refractivity contribution in [1.82, 2.24) is 4.98 Å². The first-order valence-electron chi connectivity index (χ1n) is 4.95. The summed E-state index contributed by atoms with van der Waals surface area (Å²) in [5, 5.41) is 1.37. The van der Waals surface area contributed by atoms with Gasteiger partial charge in [0.25, 0.3) is 0 Å². The van der Waals surface area contributed by atoms with Crippen LogP contribution in [0.4, 0.5) is 0 Å². The predicted molar refractivity (Wildman–Crippen MR) is 63.1 cm³/mol. The maximum absolute atomic E-state index is 5.77. The lowest BCUT2D eigenvalue weighted by Crippen LogP contribution is -2.07. The lowest BCUT2D eigenvalue weighted by molar-refractivity contribution is 0.733. The zero-order valence-electron chi connectivity index (χ0n) is 8.24. The molecule has 0 spiro atoms. The molecule has 0 aromatic carbocycles. The van der Waals surface area contributed by atoms with Crippen molar-refractivity contribution < 1.29 is 0 Å². The molecule has 1 nitrogen and oxygen atoms in total. The van der Waals surface area contributed by atoms with Crippen LogP contribution in [0, 0.1) is 0 Å². The Balaban J connectivity index is 2.17. The third kappa shape index (κ3) is 2.06. The van der Waals surface area contributed by atoms with Crippen molar-refractivity contribution in [1.29, 1.82) is 0 Å². The quantitative estimate of drug-likeness (QED) is 0.714. The molecule has 0 unspecified atom stereocenters. The number of rotatable bonds is 2. The third-order valence-corrected chi connectivity index (χ3v) is 4.33. The summed E-state index contributed by atoms with van der Waals surface area (Å²) >= 11 is 7.75. The minimum absolute atomic E-state index is 0.590. The number of thioether (sulfide) groups is 1. The van der Waals surface area contributed by atoms with Crippen LogP contribution < -0.4 is 0 Å². The van der Waals surface area contributed by atoms with E-state index >= 15 is 0 Å². The minimum Gasteiger partial charge on any atom is -0.244 e. The van der Waals surface area contributed by atoms with Crippen LogP contribution in [0.15, 0.2) is 18.3 Å². The van der Waals surface area contributed by atoms with Gasteiger partial charge in [-0.15, -0.1) is 0 Å². The first-order chi connectivity index (χ1) is 6.81. The van der Waals surface area contributed by atoms with E-state index in [9.17, 15) is 0 Å². The fourth-order valence-corrected chi connectivity index (χ4v) is 3.33. The molecule has 2 rings (SSSR count). The van der Waals surface area contributed by atoms with Gasteiger partial charge in [-0.2, -0.15) is 11.8 Å². The lowest BCUT2D eigenvalue weighted by Gasteiger charge is -2.17. The molecule has 1 aliphatic carbocycles. The molecule has 0 saturated heterocycles. The molecule has 1 aromatic rings. The molecule has 3 heteroatoms. The smallest absolute Gasteiger partial charge is 0.129 e. The van der Waals surface area contributed by atoms with Gasteiger partial charge >= 0.3 is 0 Å². The SMILES string of the molecule is CS[C@@H]1CCC[C@@H]1c1ccc(Cl)nc1. The number of aromatic nitrogens is 1. The molecule has 76 valence electrons. The van der Waals surface area contributed by atoms with Gasteiger partial charge < -0.3 is 0 Å². The Labute approximate surface area is 94.3 Å². The summed E-state index contributed by atoms with van der Waals surface area (Å²) in [5.41, 5.74) is 1.35. The Morgan fingerprint density at radius 3 is 2.93 bits per heavy atom. The van der Waals surface area contributed by atoms with E-state index in [4.69, 9.17) is 11.6 Å². The van der Waals surface area contributed by atoms with Crippen molar-refractivity contribution in [2.45, 2.75) is 30.4 Å². The first-order valence-corrected chi connectivity index (χ1v) is 6.62. The molecule has 1 heterocycles. The molecule has 0 amide bonds. The summed E-state index contributed by atoms with van der Waals surface area (Å²) in [4.78, 5) is 4.15. The zero-order chi connectivity index (χ0) is 9.97. The average molecular weight is 228 g/mol. The van der Waals surface area contributed by atoms with Gasteiger partial charge in [-0.05, 0) is 36.6 Å². The lowest BCUT2D eigenvalue weighted by atomic mass is 9.99. The van der Waals surface area contributed by atoms with Gasteiger partial charge in [-0.25, -0.2) is 4.98 Å². The molecule has 2 atom stereocenters. The fourth-order valence-electron chi connectivity index (χ4n) is 2.20. The zero-order valence-corrected chi connectivity index (χ0v) is 9.81. The van der Waals surface area contributed by atoms with Gasteiger partial charge in [0, 0.05) is 11.4 Å². The van der Waals surface area contributed by atoms with Crippen molar-refractivity contribution >= 4 is 23.4 Å². The largest absolute Gasteiger partial charge is 0.244 e. The summed E-state index contributed by atoms with van der Waals surface area (Å²) in [7, 11) is 0. The van der Waals surface area contributed by atoms with Crippen LogP contribution in [0.2, 0.25) is 5.15 Å². The van der Waals surface area contributed by atoms with E-state index in [2.05, 4.69) is 17.3 Å². The van der Waals surface area contributed by atoms with Gasteiger partial charge in [0.05, 0.1) is 0 Å². The summed E-state index contributed by atoms with van der Waals surface area (Å²) in [6.07, 6.45) is 8.12. The van der Waals surface area contributed by atoms with Gasteiger partial charge in [-0.1, -0.05) is 24.1 Å². The summed E-state index contributed by atoms with van der Waals surface area (Å²) in [5.74, 6) is 0.690. The maximum atomic E-state index is 5.77. The number of hydrogen-bond donors (Lipinski definition) is 0. The van der Waals surface area contributed by atoms with E-state index in [-0.39, 0.29) is 0 Å². The van der Waals surface area contributed by atoms with Crippen molar-refractivity contribution in [2.24, 2.45) is 0 Å². The highest BCUT2D eigenvalue weighted by molar-refractivity contribution is 7.99. The molecule has 1 saturated carbocycles. The van der Waals surface area contributed by atoms with E-state index in [1.54, 1.807) is 0 Å². The normalized spacial score (nSPS) is 26.7. The van der Waals surface area contributed by atoms with Crippen molar-refractivity contribution in [2.75, 3.05) is 6.26 Å². The Morgan fingerprint density at radius 1 is 1.43 bits per heavy atom. The molecular weight excluding hydrogens is 214 g/mol. The van der Waals surface area contributed by atoms with Crippen LogP contribution in [-0.4, -0.2) is 16.5 Å². The first kappa shape index (κ1) is 10.3. The van der Waals surface area contributed by atoms with Gasteiger partial charge in [-0.3, -0.25) is 0 Å². The van der Waals surface area contributed by atoms with E-state index in [0.717, 1.165) is 5.25 Å². The highest BCUT2D eigenvalue weighted by Crippen LogP contribution is 2.40. The molecule has 1 fully saturated rings. The summed E-state index contributed by atoms with van der Waals surface area (Å²) in [6, 6.07) is 4.02. The van der Waals surface area contributed by atoms with E-state index < -0.39 is 0 Å². The summed E-state index contributed by atoms with van der Waals surface area (Å²) < 4.78 is 0. The van der Waals surface area contributed by atoms with Crippen LogP contribution in [-0.2, 0) is 0 Å². The number of hydrogen-bond acceptors (Lipinski definition) is 2. The fraction of sp³-hybridized carbons (Fsp3) is 0.545. The molecule has 1 aliphatic rings. The standard InChI is InChI=1S/C11H14ClNS/c1-14-10-4-2-3-9(10)8-5-6-11(12)13-7-8/h5-7,9-10H,2-4H2,1H3/t9-,10-/m1/s1. The Morgan fingerprint density at radius 2 is 2.29 bits per heavy atom. The van der Waals surface area contributed by atoms with Gasteiger partial charge in [0.2, 0.25) is 0 Å². The number of halogens is 1. The highest BCUT2D eigenvalue weighted by atomic mass is 35.5. The molecule has 14 heavy (non-hydrogen) atoms. The van der Waals surface area contributed by atoms with Crippen LogP contribution in [0.5, 0.6) is 0 Å². The molecule has 0 bridgehead atoms. The van der Waals surface area contributed by atoms with E-state index in [1.165, 1.54) is 24.8 Å². The summed E-state index contributed by atoms with van der Waals surface area (Å²) in [6.45, 7) is 0. The van der Waals surface area contributed by atoms with Gasteiger partial charge in [0.15, 0.2) is 0 Å². The third-order valence-electron chi connectivity index (χ3n) is 2.93. The van der Waals surface area contributed by atoms with E-state index in [1.807, 2.05) is 24.0 Å². The van der Waals surface area contributed by atoms with E-state index in [0.29, 0.717) is 11.1 Å². The molecule has 0 radical (unpaired) electrons. The molecular formula is C11H14ClNS. The van der Waals surface area contributed by atoms with Crippen LogP contribution in [0.25, 0.3) is 0 Å². The number of pyridine rings is 1. The molecule has 0 N–H and O–H groups in total. The monoisotopic (exact) mass is 227 g/mol. The van der Waals surface area contributed by atoms with Crippen LogP contribution in [0.3, 0.4) is 0 Å². The second-order valence-electron chi connectivity index (χ2n) is 3.73. The van der Waals surface area contributed by atoms with Crippen molar-refractivity contribution in [3.63, 3.8) is 0 Å². The van der Waals surface area contributed by atoms with Crippen molar-refractivity contribution in [3.8, 4) is 0 Å². The Hall–Kier alpha value is -0.210. The topological polar surface area (TPSA) is 12.9 Å². The predicted octanol–water partition coefficient (Wildman–Crippen LogP) is 3.73. The van der Waals surface area contributed by atoms with Crippen LogP contribution >= 0.6 is 23.4 Å². The van der Waals surface area contributed by atoms with Crippen molar-refractivity contribution in [3.05, 3.63) is 29.0 Å².